The Morgan fingerprint density at radius 1 is 1.19 bits per heavy atom. The van der Waals surface area contributed by atoms with Gasteiger partial charge in [0.25, 0.3) is 0 Å². The van der Waals surface area contributed by atoms with Crippen molar-refractivity contribution < 1.29 is 14.7 Å². The number of hydrogen-bond donors (Lipinski definition) is 2. The fraction of sp³-hybridized carbons (Fsp3) is 0.500. The van der Waals surface area contributed by atoms with Crippen molar-refractivity contribution in [2.75, 3.05) is 6.54 Å². The van der Waals surface area contributed by atoms with Crippen LogP contribution in [0.5, 0.6) is 0 Å². The fourth-order valence-electron chi connectivity index (χ4n) is 2.12. The van der Waals surface area contributed by atoms with E-state index in [2.05, 4.69) is 5.32 Å². The van der Waals surface area contributed by atoms with Crippen molar-refractivity contribution >= 4 is 12.0 Å². The van der Waals surface area contributed by atoms with Crippen molar-refractivity contribution in [3.05, 3.63) is 35.9 Å². The normalized spacial score (nSPS) is 12.0. The molecule has 1 aromatic rings. The van der Waals surface area contributed by atoms with Crippen LogP contribution in [0.2, 0.25) is 0 Å². The highest BCUT2D eigenvalue weighted by atomic mass is 16.4. The molecule has 5 heteroatoms. The Kier molecular flexibility index (Phi) is 6.72. The van der Waals surface area contributed by atoms with Gasteiger partial charge in [-0.3, -0.25) is 4.79 Å². The minimum absolute atomic E-state index is 0.00835. The van der Waals surface area contributed by atoms with E-state index >= 15 is 0 Å². The molecule has 0 fully saturated rings. The zero-order valence-corrected chi connectivity index (χ0v) is 12.9. The number of carboxylic acids is 1. The molecule has 1 rings (SSSR count). The molecule has 0 saturated heterocycles. The van der Waals surface area contributed by atoms with Gasteiger partial charge >= 0.3 is 12.0 Å². The first-order chi connectivity index (χ1) is 9.90. The molecular formula is C16H24N2O3. The van der Waals surface area contributed by atoms with E-state index in [0.717, 1.165) is 12.0 Å². The summed E-state index contributed by atoms with van der Waals surface area (Å²) in [5.74, 6) is -0.897. The number of amides is 2. The molecule has 2 N–H and O–H groups in total. The van der Waals surface area contributed by atoms with E-state index in [1.807, 2.05) is 51.1 Å². The van der Waals surface area contributed by atoms with E-state index in [1.165, 1.54) is 0 Å². The lowest BCUT2D eigenvalue weighted by atomic mass is 10.1. The van der Waals surface area contributed by atoms with E-state index in [-0.39, 0.29) is 31.1 Å². The van der Waals surface area contributed by atoms with Crippen LogP contribution in [0.1, 0.15) is 32.8 Å². The number of benzene rings is 1. The minimum atomic E-state index is -0.897. The standard InChI is InChI=1S/C16H24N2O3/c1-12(2)18(10-9-15(19)20)16(21)17-13(3)11-14-7-5-4-6-8-14/h4-8,12-13H,9-11H2,1-3H3,(H,17,21)(H,19,20). The van der Waals surface area contributed by atoms with Gasteiger partial charge in [0.1, 0.15) is 0 Å². The summed E-state index contributed by atoms with van der Waals surface area (Å²) < 4.78 is 0. The second kappa shape index (κ2) is 8.29. The molecular weight excluding hydrogens is 268 g/mol. The smallest absolute Gasteiger partial charge is 0.317 e. The molecule has 116 valence electrons. The third kappa shape index (κ3) is 6.29. The van der Waals surface area contributed by atoms with Crippen molar-refractivity contribution in [3.63, 3.8) is 0 Å². The number of carbonyl (C=O) groups excluding carboxylic acids is 1. The number of nitrogens with one attached hydrogen (secondary N) is 1. The van der Waals surface area contributed by atoms with Gasteiger partial charge in [-0.1, -0.05) is 30.3 Å². The molecule has 0 aliphatic rings. The van der Waals surface area contributed by atoms with E-state index in [9.17, 15) is 9.59 Å². The van der Waals surface area contributed by atoms with Crippen molar-refractivity contribution in [1.29, 1.82) is 0 Å². The van der Waals surface area contributed by atoms with Crippen LogP contribution in [0.15, 0.2) is 30.3 Å². The van der Waals surface area contributed by atoms with Crippen molar-refractivity contribution in [1.82, 2.24) is 10.2 Å². The maximum atomic E-state index is 12.2. The summed E-state index contributed by atoms with van der Waals surface area (Å²) in [5.41, 5.74) is 1.16. The zero-order valence-electron chi connectivity index (χ0n) is 12.9. The molecule has 21 heavy (non-hydrogen) atoms. The first kappa shape index (κ1) is 17.0. The van der Waals surface area contributed by atoms with Crippen LogP contribution in [-0.4, -0.2) is 40.6 Å². The summed E-state index contributed by atoms with van der Waals surface area (Å²) in [4.78, 5) is 24.4. The van der Waals surface area contributed by atoms with Gasteiger partial charge in [-0.25, -0.2) is 4.79 Å². The average Bonchev–Trinajstić information content (AvgIpc) is 2.38. The Hall–Kier alpha value is -2.04. The minimum Gasteiger partial charge on any atom is -0.481 e. The Morgan fingerprint density at radius 2 is 1.81 bits per heavy atom. The first-order valence-electron chi connectivity index (χ1n) is 7.23. The number of hydrogen-bond acceptors (Lipinski definition) is 2. The molecule has 1 atom stereocenters. The van der Waals surface area contributed by atoms with Gasteiger partial charge in [0.2, 0.25) is 0 Å². The summed E-state index contributed by atoms with van der Waals surface area (Å²) in [7, 11) is 0. The van der Waals surface area contributed by atoms with Crippen LogP contribution in [0.25, 0.3) is 0 Å². The van der Waals surface area contributed by atoms with E-state index in [1.54, 1.807) is 4.90 Å². The lowest BCUT2D eigenvalue weighted by Gasteiger charge is -2.28. The number of rotatable bonds is 7. The van der Waals surface area contributed by atoms with Gasteiger partial charge in [-0.2, -0.15) is 0 Å². The number of carboxylic acid groups (broad SMARTS) is 1. The Morgan fingerprint density at radius 3 is 2.33 bits per heavy atom. The van der Waals surface area contributed by atoms with Crippen LogP contribution in [0, 0.1) is 0 Å². The largest absolute Gasteiger partial charge is 0.481 e. The lowest BCUT2D eigenvalue weighted by molar-refractivity contribution is -0.137. The second-order valence-electron chi connectivity index (χ2n) is 5.47. The number of carbonyl (C=O) groups is 2. The quantitative estimate of drug-likeness (QED) is 0.811. The van der Waals surface area contributed by atoms with Crippen molar-refractivity contribution in [2.45, 2.75) is 45.7 Å². The number of nitrogens with zero attached hydrogens (tertiary/aromatic N) is 1. The molecule has 0 aliphatic carbocycles. The summed E-state index contributed by atoms with van der Waals surface area (Å²) >= 11 is 0. The Labute approximate surface area is 126 Å². The third-order valence-corrected chi connectivity index (χ3v) is 3.21. The van der Waals surface area contributed by atoms with E-state index < -0.39 is 5.97 Å². The third-order valence-electron chi connectivity index (χ3n) is 3.21. The first-order valence-corrected chi connectivity index (χ1v) is 7.23. The van der Waals surface area contributed by atoms with Gasteiger partial charge in [0, 0.05) is 18.6 Å². The van der Waals surface area contributed by atoms with E-state index in [4.69, 9.17) is 5.11 Å². The van der Waals surface area contributed by atoms with Crippen LogP contribution >= 0.6 is 0 Å². The molecule has 1 unspecified atom stereocenters. The van der Waals surface area contributed by atoms with Crippen molar-refractivity contribution in [3.8, 4) is 0 Å². The molecule has 5 nitrogen and oxygen atoms in total. The van der Waals surface area contributed by atoms with E-state index in [0.29, 0.717) is 0 Å². The molecule has 0 spiro atoms. The van der Waals surface area contributed by atoms with Gasteiger partial charge in [-0.05, 0) is 32.8 Å². The van der Waals surface area contributed by atoms with Crippen LogP contribution in [-0.2, 0) is 11.2 Å². The monoisotopic (exact) mass is 292 g/mol. The number of aliphatic carboxylic acids is 1. The fourth-order valence-corrected chi connectivity index (χ4v) is 2.12. The lowest BCUT2D eigenvalue weighted by Crippen LogP contribution is -2.48. The highest BCUT2D eigenvalue weighted by Crippen LogP contribution is 2.05. The van der Waals surface area contributed by atoms with Gasteiger partial charge in [0.05, 0.1) is 6.42 Å². The molecule has 0 saturated carbocycles. The predicted molar refractivity (Wildman–Crippen MR) is 82.2 cm³/mol. The number of urea groups is 1. The highest BCUT2D eigenvalue weighted by Gasteiger charge is 2.19. The SMILES string of the molecule is CC(Cc1ccccc1)NC(=O)N(CCC(=O)O)C(C)C. The topological polar surface area (TPSA) is 69.6 Å². The molecule has 0 aromatic heterocycles. The van der Waals surface area contributed by atoms with Gasteiger partial charge in [0.15, 0.2) is 0 Å². The summed E-state index contributed by atoms with van der Waals surface area (Å²) in [6, 6.07) is 9.68. The molecule has 0 aliphatic heterocycles. The Bertz CT molecular complexity index is 460. The average molecular weight is 292 g/mol. The molecule has 0 heterocycles. The predicted octanol–water partition coefficient (Wildman–Crippen LogP) is 2.51. The molecule has 1 aromatic carbocycles. The molecule has 2 amide bonds. The summed E-state index contributed by atoms with van der Waals surface area (Å²) in [6.45, 7) is 5.92. The Balaban J connectivity index is 2.53. The van der Waals surface area contributed by atoms with Gasteiger partial charge in [-0.15, -0.1) is 0 Å². The van der Waals surface area contributed by atoms with Crippen LogP contribution in [0.3, 0.4) is 0 Å². The van der Waals surface area contributed by atoms with Crippen LogP contribution in [0.4, 0.5) is 4.79 Å². The molecule has 0 bridgehead atoms. The second-order valence-corrected chi connectivity index (χ2v) is 5.47. The van der Waals surface area contributed by atoms with Gasteiger partial charge < -0.3 is 15.3 Å². The van der Waals surface area contributed by atoms with Crippen molar-refractivity contribution in [2.24, 2.45) is 0 Å². The highest BCUT2D eigenvalue weighted by molar-refractivity contribution is 5.75. The molecule has 0 radical (unpaired) electrons. The maximum absolute atomic E-state index is 12.2. The van der Waals surface area contributed by atoms with Crippen LogP contribution < -0.4 is 5.32 Å². The maximum Gasteiger partial charge on any atom is 0.317 e. The zero-order chi connectivity index (χ0) is 15.8. The summed E-state index contributed by atoms with van der Waals surface area (Å²) in [5, 5.41) is 11.7. The summed E-state index contributed by atoms with van der Waals surface area (Å²) in [6.07, 6.45) is 0.704.